The molecule has 1 aliphatic rings. The van der Waals surface area contributed by atoms with Gasteiger partial charge in [-0.15, -0.1) is 0 Å². The second-order valence-corrected chi connectivity index (χ2v) is 9.54. The van der Waals surface area contributed by atoms with Crippen LogP contribution >= 0.6 is 0 Å². The minimum Gasteiger partial charge on any atom is -0.366 e. The lowest BCUT2D eigenvalue weighted by molar-refractivity contribution is 0.0988. The molecule has 1 amide bonds. The molecule has 5 rings (SSSR count). The molecule has 188 valence electrons. The second-order valence-electron chi connectivity index (χ2n) is 9.54. The number of anilines is 3. The smallest absolute Gasteiger partial charge is 0.258 e. The van der Waals surface area contributed by atoms with Gasteiger partial charge in [-0.05, 0) is 73.7 Å². The zero-order valence-corrected chi connectivity index (χ0v) is 21.7. The van der Waals surface area contributed by atoms with Crippen molar-refractivity contribution in [3.05, 3.63) is 113 Å². The molecular weight excluding hydrogens is 458 g/mol. The van der Waals surface area contributed by atoms with Gasteiger partial charge in [0.15, 0.2) is 0 Å². The van der Waals surface area contributed by atoms with Crippen molar-refractivity contribution in [2.24, 2.45) is 0 Å². The predicted molar refractivity (Wildman–Crippen MR) is 150 cm³/mol. The van der Waals surface area contributed by atoms with Crippen molar-refractivity contribution in [2.75, 3.05) is 28.2 Å². The molecule has 0 radical (unpaired) electrons. The van der Waals surface area contributed by atoms with Gasteiger partial charge in [0.25, 0.3) is 5.91 Å². The van der Waals surface area contributed by atoms with Gasteiger partial charge in [0, 0.05) is 43.5 Å². The summed E-state index contributed by atoms with van der Waals surface area (Å²) in [7, 11) is 0. The van der Waals surface area contributed by atoms with Crippen LogP contribution in [0.15, 0.2) is 78.9 Å². The largest absolute Gasteiger partial charge is 0.366 e. The highest BCUT2D eigenvalue weighted by atomic mass is 16.2. The van der Waals surface area contributed by atoms with E-state index < -0.39 is 0 Å². The zero-order valence-electron chi connectivity index (χ0n) is 21.7. The molecule has 37 heavy (non-hydrogen) atoms. The number of rotatable bonds is 7. The number of carbonyl (C=O) groups is 1. The van der Waals surface area contributed by atoms with Crippen LogP contribution in [0, 0.1) is 13.8 Å². The summed E-state index contributed by atoms with van der Waals surface area (Å²) in [6, 6.07) is 26.5. The molecule has 0 fully saturated rings. The first-order valence-corrected chi connectivity index (χ1v) is 12.9. The van der Waals surface area contributed by atoms with Crippen LogP contribution in [0.1, 0.15) is 45.4 Å². The molecule has 0 spiro atoms. The lowest BCUT2D eigenvalue weighted by atomic mass is 10.00. The van der Waals surface area contributed by atoms with Gasteiger partial charge < -0.3 is 15.1 Å². The highest BCUT2D eigenvalue weighted by Crippen LogP contribution is 2.25. The number of fused-ring (bicyclic) bond motifs is 1. The maximum Gasteiger partial charge on any atom is 0.258 e. The Morgan fingerprint density at radius 2 is 1.73 bits per heavy atom. The molecule has 0 aliphatic carbocycles. The van der Waals surface area contributed by atoms with E-state index in [1.54, 1.807) is 0 Å². The Morgan fingerprint density at radius 1 is 0.946 bits per heavy atom. The average Bonchev–Trinajstić information content (AvgIpc) is 2.92. The van der Waals surface area contributed by atoms with Crippen molar-refractivity contribution in [1.82, 2.24) is 9.97 Å². The van der Waals surface area contributed by atoms with Crippen LogP contribution in [0.3, 0.4) is 0 Å². The first-order chi connectivity index (χ1) is 18.0. The van der Waals surface area contributed by atoms with Gasteiger partial charge in [0.2, 0.25) is 0 Å². The van der Waals surface area contributed by atoms with Gasteiger partial charge in [-0.1, -0.05) is 48.5 Å². The molecule has 4 aromatic rings. The highest BCUT2D eigenvalue weighted by molar-refractivity contribution is 6.06. The van der Waals surface area contributed by atoms with Crippen LogP contribution in [0.4, 0.5) is 17.3 Å². The van der Waals surface area contributed by atoms with Gasteiger partial charge in [0.1, 0.15) is 17.5 Å². The van der Waals surface area contributed by atoms with Crippen LogP contribution in [0.2, 0.25) is 0 Å². The molecule has 0 saturated heterocycles. The summed E-state index contributed by atoms with van der Waals surface area (Å²) in [5.74, 6) is 2.50. The lowest BCUT2D eigenvalue weighted by Gasteiger charge is -2.30. The lowest BCUT2D eigenvalue weighted by Crippen LogP contribution is -2.31. The summed E-state index contributed by atoms with van der Waals surface area (Å²) in [5, 5.41) is 3.44. The number of carbonyl (C=O) groups excluding carboxylic acids is 1. The van der Waals surface area contributed by atoms with Crippen LogP contribution in [0.25, 0.3) is 0 Å². The quantitative estimate of drug-likeness (QED) is 0.347. The minimum atomic E-state index is 0.00628. The number of nitrogens with zero attached hydrogens (tertiary/aromatic N) is 4. The molecule has 6 heteroatoms. The maximum absolute atomic E-state index is 13.2. The van der Waals surface area contributed by atoms with Crippen LogP contribution in [-0.2, 0) is 19.5 Å². The summed E-state index contributed by atoms with van der Waals surface area (Å²) in [4.78, 5) is 26.6. The van der Waals surface area contributed by atoms with Crippen LogP contribution < -0.4 is 15.1 Å². The topological polar surface area (TPSA) is 61.4 Å². The fraction of sp³-hybridized carbons (Fsp3) is 0.258. The molecule has 1 aliphatic heterocycles. The number of aromatic nitrogens is 2. The van der Waals surface area contributed by atoms with E-state index in [4.69, 9.17) is 4.98 Å². The molecule has 0 bridgehead atoms. The number of aryl methyl sites for hydroxylation is 2. The number of benzene rings is 3. The zero-order chi connectivity index (χ0) is 25.8. The number of hydrogen-bond donors (Lipinski definition) is 1. The molecule has 0 atom stereocenters. The number of amides is 1. The third-order valence-corrected chi connectivity index (χ3v) is 6.83. The molecule has 3 aromatic carbocycles. The summed E-state index contributed by atoms with van der Waals surface area (Å²) < 4.78 is 0. The Kier molecular flexibility index (Phi) is 7.17. The Bertz CT molecular complexity index is 1400. The van der Waals surface area contributed by atoms with E-state index in [9.17, 15) is 4.79 Å². The molecule has 0 saturated carbocycles. The van der Waals surface area contributed by atoms with Gasteiger partial charge in [-0.25, -0.2) is 9.97 Å². The van der Waals surface area contributed by atoms with Gasteiger partial charge >= 0.3 is 0 Å². The summed E-state index contributed by atoms with van der Waals surface area (Å²) in [6.45, 7) is 9.00. The molecule has 1 N–H and O–H groups in total. The number of hydrogen-bond acceptors (Lipinski definition) is 5. The van der Waals surface area contributed by atoms with E-state index in [2.05, 4.69) is 39.5 Å². The van der Waals surface area contributed by atoms with Crippen molar-refractivity contribution in [3.63, 3.8) is 0 Å². The van der Waals surface area contributed by atoms with Gasteiger partial charge in [-0.2, -0.15) is 0 Å². The molecule has 0 unspecified atom stereocenters. The van der Waals surface area contributed by atoms with Crippen molar-refractivity contribution < 1.29 is 4.79 Å². The van der Waals surface area contributed by atoms with E-state index in [-0.39, 0.29) is 5.91 Å². The van der Waals surface area contributed by atoms with Crippen molar-refractivity contribution in [1.29, 1.82) is 0 Å². The third kappa shape index (κ3) is 5.64. The minimum absolute atomic E-state index is 0.00628. The fourth-order valence-electron chi connectivity index (χ4n) is 4.85. The molecule has 2 heterocycles. The Balaban J connectivity index is 1.25. The Morgan fingerprint density at radius 3 is 2.49 bits per heavy atom. The van der Waals surface area contributed by atoms with Crippen LogP contribution in [-0.4, -0.2) is 29.0 Å². The van der Waals surface area contributed by atoms with Crippen molar-refractivity contribution in [3.8, 4) is 0 Å². The maximum atomic E-state index is 13.2. The van der Waals surface area contributed by atoms with E-state index in [0.29, 0.717) is 18.7 Å². The monoisotopic (exact) mass is 491 g/mol. The normalized spacial score (nSPS) is 12.7. The van der Waals surface area contributed by atoms with E-state index in [1.165, 1.54) is 11.1 Å². The predicted octanol–water partition coefficient (Wildman–Crippen LogP) is 5.93. The fourth-order valence-corrected chi connectivity index (χ4v) is 4.85. The SMILES string of the molecule is CCN(C(=O)c1ccc(CNc2cc(N3CCc4ccccc4C3)nc(C)n2)cc1)c1cccc(C)c1. The summed E-state index contributed by atoms with van der Waals surface area (Å²) in [6.07, 6.45) is 1.02. The van der Waals surface area contributed by atoms with Crippen LogP contribution in [0.5, 0.6) is 0 Å². The molecular formula is C31H33N5O. The number of nitrogens with one attached hydrogen (secondary N) is 1. The Hall–Kier alpha value is -4.19. The third-order valence-electron chi connectivity index (χ3n) is 6.83. The summed E-state index contributed by atoms with van der Waals surface area (Å²) in [5.41, 5.74) is 6.60. The van der Waals surface area contributed by atoms with Crippen molar-refractivity contribution >= 4 is 23.2 Å². The second kappa shape index (κ2) is 10.8. The Labute approximate surface area is 219 Å². The first-order valence-electron chi connectivity index (χ1n) is 12.9. The van der Waals surface area contributed by atoms with Gasteiger partial charge in [-0.3, -0.25) is 4.79 Å². The molecule has 1 aromatic heterocycles. The average molecular weight is 492 g/mol. The van der Waals surface area contributed by atoms with E-state index in [0.717, 1.165) is 53.8 Å². The van der Waals surface area contributed by atoms with E-state index >= 15 is 0 Å². The molecule has 6 nitrogen and oxygen atoms in total. The van der Waals surface area contributed by atoms with Crippen molar-refractivity contribution in [2.45, 2.75) is 40.3 Å². The van der Waals surface area contributed by atoms with E-state index in [1.807, 2.05) is 80.3 Å². The standard InChI is InChI=1S/C31H33N5O/c1-4-36(28-11-7-8-22(2)18-28)31(37)26-14-12-24(13-15-26)20-32-29-19-30(34-23(3)33-29)35-17-16-25-9-5-6-10-27(25)21-35/h5-15,18-19H,4,16-17,20-21H2,1-3H3,(H,32,33,34). The highest BCUT2D eigenvalue weighted by Gasteiger charge is 2.19. The summed E-state index contributed by atoms with van der Waals surface area (Å²) >= 11 is 0. The first kappa shape index (κ1) is 24.5. The van der Waals surface area contributed by atoms with Gasteiger partial charge in [0.05, 0.1) is 0 Å².